The Hall–Kier alpha value is -1.91. The highest BCUT2D eigenvalue weighted by Crippen LogP contribution is 2.25. The number of aliphatic hydroxyl groups is 1. The highest BCUT2D eigenvalue weighted by Gasteiger charge is 2.13. The largest absolute Gasteiger partial charge is 0.390 e. The fraction of sp³-hybridized carbons (Fsp3) is 0.0769. The topological polar surface area (TPSA) is 50.4 Å². The van der Waals surface area contributed by atoms with Crippen molar-refractivity contribution in [3.8, 4) is 11.3 Å². The number of rotatable bonds is 2. The standard InChI is InChI=1S/C13H10ClN3O/c14-10-3-6-17-11(8-18)13(16-12(17)7-10)9-1-4-15-5-2-9/h1-7,18H,8H2. The van der Waals surface area contributed by atoms with Crippen LogP contribution in [0.25, 0.3) is 16.9 Å². The first kappa shape index (κ1) is 11.2. The third-order valence-electron chi connectivity index (χ3n) is 2.79. The van der Waals surface area contributed by atoms with Crippen molar-refractivity contribution in [2.45, 2.75) is 6.61 Å². The van der Waals surface area contributed by atoms with Gasteiger partial charge < -0.3 is 9.51 Å². The van der Waals surface area contributed by atoms with Crippen molar-refractivity contribution in [2.24, 2.45) is 0 Å². The second-order valence-corrected chi connectivity index (χ2v) is 4.31. The van der Waals surface area contributed by atoms with Gasteiger partial charge in [0.15, 0.2) is 0 Å². The van der Waals surface area contributed by atoms with Crippen LogP contribution in [0.1, 0.15) is 5.69 Å². The molecule has 0 aliphatic carbocycles. The molecule has 4 nitrogen and oxygen atoms in total. The summed E-state index contributed by atoms with van der Waals surface area (Å²) in [5.41, 5.74) is 3.14. The summed E-state index contributed by atoms with van der Waals surface area (Å²) in [7, 11) is 0. The van der Waals surface area contributed by atoms with Crippen LogP contribution < -0.4 is 0 Å². The van der Waals surface area contributed by atoms with Gasteiger partial charge in [-0.2, -0.15) is 0 Å². The third-order valence-corrected chi connectivity index (χ3v) is 3.03. The van der Waals surface area contributed by atoms with E-state index in [4.69, 9.17) is 11.6 Å². The molecule has 3 aromatic rings. The molecule has 0 aliphatic heterocycles. The number of aromatic nitrogens is 3. The van der Waals surface area contributed by atoms with Crippen molar-refractivity contribution in [2.75, 3.05) is 0 Å². The van der Waals surface area contributed by atoms with E-state index in [1.54, 1.807) is 30.7 Å². The van der Waals surface area contributed by atoms with Crippen molar-refractivity contribution >= 4 is 17.2 Å². The predicted octanol–water partition coefficient (Wildman–Crippen LogP) is 2.54. The zero-order valence-electron chi connectivity index (χ0n) is 9.42. The number of fused-ring (bicyclic) bond motifs is 1. The van der Waals surface area contributed by atoms with Crippen LogP contribution in [0.3, 0.4) is 0 Å². The van der Waals surface area contributed by atoms with E-state index in [0.717, 1.165) is 22.6 Å². The van der Waals surface area contributed by atoms with Crippen molar-refractivity contribution in [1.29, 1.82) is 0 Å². The fourth-order valence-electron chi connectivity index (χ4n) is 1.96. The molecule has 3 heterocycles. The summed E-state index contributed by atoms with van der Waals surface area (Å²) in [4.78, 5) is 8.48. The Morgan fingerprint density at radius 1 is 1.22 bits per heavy atom. The third kappa shape index (κ3) is 1.75. The second-order valence-electron chi connectivity index (χ2n) is 3.87. The molecule has 1 N–H and O–H groups in total. The van der Waals surface area contributed by atoms with Crippen LogP contribution in [0.2, 0.25) is 5.02 Å². The molecular formula is C13H10ClN3O. The van der Waals surface area contributed by atoms with Crippen LogP contribution in [0.4, 0.5) is 0 Å². The number of hydrogen-bond acceptors (Lipinski definition) is 3. The highest BCUT2D eigenvalue weighted by atomic mass is 35.5. The predicted molar refractivity (Wildman–Crippen MR) is 69.4 cm³/mol. The highest BCUT2D eigenvalue weighted by molar-refractivity contribution is 6.30. The van der Waals surface area contributed by atoms with Gasteiger partial charge in [0.1, 0.15) is 5.65 Å². The van der Waals surface area contributed by atoms with E-state index in [0.29, 0.717) is 5.02 Å². The Balaban J connectivity index is 2.29. The normalized spacial score (nSPS) is 11.0. The maximum absolute atomic E-state index is 9.53. The summed E-state index contributed by atoms with van der Waals surface area (Å²) in [5.74, 6) is 0. The van der Waals surface area contributed by atoms with E-state index in [1.165, 1.54) is 0 Å². The molecule has 0 atom stereocenters. The minimum atomic E-state index is -0.0829. The van der Waals surface area contributed by atoms with E-state index in [-0.39, 0.29) is 6.61 Å². The molecule has 0 saturated heterocycles. The lowest BCUT2D eigenvalue weighted by Gasteiger charge is -2.01. The zero-order valence-corrected chi connectivity index (χ0v) is 10.2. The first-order valence-corrected chi connectivity index (χ1v) is 5.85. The zero-order chi connectivity index (χ0) is 12.5. The Kier molecular flexibility index (Phi) is 2.74. The molecule has 0 radical (unpaired) electrons. The molecule has 18 heavy (non-hydrogen) atoms. The summed E-state index contributed by atoms with van der Waals surface area (Å²) in [5, 5.41) is 10.1. The fourth-order valence-corrected chi connectivity index (χ4v) is 2.12. The van der Waals surface area contributed by atoms with Crippen LogP contribution in [0, 0.1) is 0 Å². The Morgan fingerprint density at radius 2 is 2.00 bits per heavy atom. The molecule has 0 spiro atoms. The lowest BCUT2D eigenvalue weighted by Crippen LogP contribution is -1.93. The second kappa shape index (κ2) is 4.40. The molecule has 0 fully saturated rings. The smallest absolute Gasteiger partial charge is 0.139 e. The number of imidazole rings is 1. The lowest BCUT2D eigenvalue weighted by molar-refractivity contribution is 0.276. The van der Waals surface area contributed by atoms with E-state index in [9.17, 15) is 5.11 Å². The van der Waals surface area contributed by atoms with Crippen molar-refractivity contribution < 1.29 is 5.11 Å². The summed E-state index contributed by atoms with van der Waals surface area (Å²) in [6, 6.07) is 7.27. The SMILES string of the molecule is OCc1c(-c2ccncc2)nc2cc(Cl)ccn12. The minimum absolute atomic E-state index is 0.0829. The molecule has 0 saturated carbocycles. The van der Waals surface area contributed by atoms with Gasteiger partial charge in [-0.25, -0.2) is 4.98 Å². The van der Waals surface area contributed by atoms with Crippen LogP contribution >= 0.6 is 11.6 Å². The van der Waals surface area contributed by atoms with Gasteiger partial charge in [-0.15, -0.1) is 0 Å². The molecule has 90 valence electrons. The quantitative estimate of drug-likeness (QED) is 0.769. The first-order chi connectivity index (χ1) is 8.79. The molecule has 5 heteroatoms. The van der Waals surface area contributed by atoms with Crippen LogP contribution in [0.15, 0.2) is 42.9 Å². The van der Waals surface area contributed by atoms with Gasteiger partial charge in [0.2, 0.25) is 0 Å². The molecule has 0 amide bonds. The molecule has 0 unspecified atom stereocenters. The lowest BCUT2D eigenvalue weighted by atomic mass is 10.1. The Morgan fingerprint density at radius 3 is 2.72 bits per heavy atom. The van der Waals surface area contributed by atoms with E-state index in [1.807, 2.05) is 16.5 Å². The minimum Gasteiger partial charge on any atom is -0.390 e. The maximum atomic E-state index is 9.53. The number of pyridine rings is 2. The van der Waals surface area contributed by atoms with Crippen molar-refractivity contribution in [1.82, 2.24) is 14.4 Å². The average Bonchev–Trinajstić information content (AvgIpc) is 2.77. The van der Waals surface area contributed by atoms with Gasteiger partial charge in [0.05, 0.1) is 18.0 Å². The van der Waals surface area contributed by atoms with Gasteiger partial charge >= 0.3 is 0 Å². The molecule has 3 aromatic heterocycles. The first-order valence-electron chi connectivity index (χ1n) is 5.47. The van der Waals surface area contributed by atoms with Gasteiger partial charge in [0, 0.05) is 35.2 Å². The van der Waals surface area contributed by atoms with Gasteiger partial charge in [0.25, 0.3) is 0 Å². The van der Waals surface area contributed by atoms with E-state index >= 15 is 0 Å². The molecule has 0 aliphatic rings. The maximum Gasteiger partial charge on any atom is 0.139 e. The van der Waals surface area contributed by atoms with Crippen LogP contribution in [-0.4, -0.2) is 19.5 Å². The van der Waals surface area contributed by atoms with Crippen LogP contribution in [-0.2, 0) is 6.61 Å². The monoisotopic (exact) mass is 259 g/mol. The van der Waals surface area contributed by atoms with Gasteiger partial charge in [-0.05, 0) is 18.2 Å². The number of halogens is 1. The van der Waals surface area contributed by atoms with Gasteiger partial charge in [-0.1, -0.05) is 11.6 Å². The number of aliphatic hydroxyl groups excluding tert-OH is 1. The summed E-state index contributed by atoms with van der Waals surface area (Å²) >= 11 is 5.94. The molecule has 0 bridgehead atoms. The Labute approximate surface area is 109 Å². The Bertz CT molecular complexity index is 694. The number of hydrogen-bond donors (Lipinski definition) is 1. The van der Waals surface area contributed by atoms with Crippen molar-refractivity contribution in [3.63, 3.8) is 0 Å². The molecule has 0 aromatic carbocycles. The summed E-state index contributed by atoms with van der Waals surface area (Å²) in [6.45, 7) is -0.0829. The van der Waals surface area contributed by atoms with Crippen molar-refractivity contribution in [3.05, 3.63) is 53.6 Å². The number of nitrogens with zero attached hydrogens (tertiary/aromatic N) is 3. The van der Waals surface area contributed by atoms with E-state index in [2.05, 4.69) is 9.97 Å². The molecule has 3 rings (SSSR count). The molecular weight excluding hydrogens is 250 g/mol. The van der Waals surface area contributed by atoms with Gasteiger partial charge in [-0.3, -0.25) is 4.98 Å². The average molecular weight is 260 g/mol. The summed E-state index contributed by atoms with van der Waals surface area (Å²) < 4.78 is 1.83. The van der Waals surface area contributed by atoms with Crippen LogP contribution in [0.5, 0.6) is 0 Å². The van der Waals surface area contributed by atoms with E-state index < -0.39 is 0 Å². The summed E-state index contributed by atoms with van der Waals surface area (Å²) in [6.07, 6.45) is 5.21.